The number of nitrogens with zero attached hydrogens (tertiary/aromatic N) is 3. The van der Waals surface area contributed by atoms with E-state index in [1.165, 1.54) is 12.8 Å². The Labute approximate surface area is 197 Å². The van der Waals surface area contributed by atoms with Crippen molar-refractivity contribution in [3.05, 3.63) is 72.6 Å². The maximum Gasteiger partial charge on any atom is 0.409 e. The van der Waals surface area contributed by atoms with Crippen molar-refractivity contribution < 1.29 is 9.90 Å². The van der Waals surface area contributed by atoms with E-state index < -0.39 is 6.09 Å². The second-order valence-electron chi connectivity index (χ2n) is 8.64. The molecule has 0 radical (unpaired) electrons. The number of carboxylic acid groups (broad SMARTS) is 1. The summed E-state index contributed by atoms with van der Waals surface area (Å²) in [5, 5.41) is 25.1. The van der Waals surface area contributed by atoms with E-state index in [-0.39, 0.29) is 0 Å². The van der Waals surface area contributed by atoms with Crippen LogP contribution in [0, 0.1) is 17.2 Å². The predicted octanol–water partition coefficient (Wildman–Crippen LogP) is 5.33. The molecule has 0 atom stereocenters. The van der Waals surface area contributed by atoms with Gasteiger partial charge in [0, 0.05) is 34.9 Å². The molecule has 3 heterocycles. The molecule has 0 aliphatic carbocycles. The van der Waals surface area contributed by atoms with Crippen molar-refractivity contribution in [2.24, 2.45) is 5.92 Å². The molecule has 3 N–H and O–H groups in total. The molecule has 0 saturated carbocycles. The first kappa shape index (κ1) is 21.7. The molecule has 1 amide bonds. The number of aromatic nitrogens is 2. The normalized spacial score (nSPS) is 14.1. The Morgan fingerprint density at radius 3 is 2.47 bits per heavy atom. The molecule has 2 aromatic heterocycles. The minimum Gasteiger partial charge on any atom is -0.465 e. The third-order valence-electron chi connectivity index (χ3n) is 6.45. The summed E-state index contributed by atoms with van der Waals surface area (Å²) in [6, 6.07) is 19.1. The van der Waals surface area contributed by atoms with Gasteiger partial charge in [-0.05, 0) is 67.7 Å². The number of benzene rings is 2. The van der Waals surface area contributed by atoms with Gasteiger partial charge in [0.1, 0.15) is 0 Å². The van der Waals surface area contributed by atoms with Gasteiger partial charge in [0.25, 0.3) is 0 Å². The summed E-state index contributed by atoms with van der Waals surface area (Å²) in [7, 11) is 0. The van der Waals surface area contributed by atoms with Gasteiger partial charge in [-0.3, -0.25) is 10.3 Å². The molecule has 34 heavy (non-hydrogen) atoms. The topological polar surface area (TPSA) is 103 Å². The molecule has 5 rings (SSSR count). The van der Waals surface area contributed by atoms with Crippen LogP contribution in [0.25, 0.3) is 33.3 Å². The van der Waals surface area contributed by atoms with Crippen LogP contribution in [0.3, 0.4) is 0 Å². The van der Waals surface area contributed by atoms with Gasteiger partial charge in [-0.1, -0.05) is 24.3 Å². The van der Waals surface area contributed by atoms with Crippen molar-refractivity contribution >= 4 is 22.7 Å². The van der Waals surface area contributed by atoms with Gasteiger partial charge in [-0.25, -0.2) is 4.79 Å². The molecule has 0 spiro atoms. The summed E-state index contributed by atoms with van der Waals surface area (Å²) >= 11 is 0. The van der Waals surface area contributed by atoms with Crippen LogP contribution < -0.4 is 10.6 Å². The Morgan fingerprint density at radius 1 is 1.09 bits per heavy atom. The number of piperidine rings is 1. The van der Waals surface area contributed by atoms with Gasteiger partial charge < -0.3 is 15.0 Å². The Bertz CT molecular complexity index is 1360. The highest BCUT2D eigenvalue weighted by molar-refractivity contribution is 6.01. The number of amides is 1. The number of hydrogen-bond donors (Lipinski definition) is 3. The summed E-state index contributed by atoms with van der Waals surface area (Å²) < 4.78 is 2.30. The third-order valence-corrected chi connectivity index (χ3v) is 6.45. The quantitative estimate of drug-likeness (QED) is 0.380. The number of nitriles is 1. The van der Waals surface area contributed by atoms with E-state index in [2.05, 4.69) is 33.5 Å². The monoisotopic (exact) mass is 451 g/mol. The maximum absolute atomic E-state index is 11.0. The van der Waals surface area contributed by atoms with Crippen molar-refractivity contribution in [1.29, 1.82) is 5.26 Å². The highest BCUT2D eigenvalue weighted by atomic mass is 16.4. The number of carbonyl (C=O) groups is 1. The van der Waals surface area contributed by atoms with Crippen LogP contribution in [0.5, 0.6) is 0 Å². The van der Waals surface area contributed by atoms with E-state index in [1.54, 1.807) is 12.1 Å². The zero-order valence-corrected chi connectivity index (χ0v) is 18.7. The van der Waals surface area contributed by atoms with Crippen LogP contribution in [-0.2, 0) is 6.54 Å². The van der Waals surface area contributed by atoms with Crippen LogP contribution in [-0.4, -0.2) is 33.8 Å². The first-order valence-corrected chi connectivity index (χ1v) is 11.4. The average Bonchev–Trinajstić information content (AvgIpc) is 3.27. The Kier molecular flexibility index (Phi) is 5.98. The molecule has 4 aromatic rings. The third kappa shape index (κ3) is 4.36. The van der Waals surface area contributed by atoms with E-state index >= 15 is 0 Å². The highest BCUT2D eigenvalue weighted by Gasteiger charge is 2.19. The number of anilines is 1. The molecule has 0 bridgehead atoms. The Balaban J connectivity index is 1.61. The standard InChI is InChI=1S/C27H25N5O2/c28-15-18-1-3-20(4-2-18)25-23-11-14-32(17-19-9-12-29-13-10-19)24(23)16-30-26(25)21-5-7-22(8-6-21)31-27(33)34/h1-8,11,14,16,19,29,31H,9-10,12-13,17H2,(H,33,34). The number of nitrogens with one attached hydrogen (secondary N) is 2. The average molecular weight is 452 g/mol. The first-order chi connectivity index (χ1) is 16.6. The van der Waals surface area contributed by atoms with Crippen LogP contribution >= 0.6 is 0 Å². The molecule has 7 heteroatoms. The molecule has 170 valence electrons. The SMILES string of the molecule is N#Cc1ccc(-c2c(-c3ccc(NC(=O)O)cc3)ncc3c2ccn3CC2CCNCC2)cc1. The molecule has 1 saturated heterocycles. The number of fused-ring (bicyclic) bond motifs is 1. The van der Waals surface area contributed by atoms with Crippen LogP contribution in [0.15, 0.2) is 67.0 Å². The zero-order chi connectivity index (χ0) is 23.5. The van der Waals surface area contributed by atoms with Gasteiger partial charge in [-0.15, -0.1) is 0 Å². The highest BCUT2D eigenvalue weighted by Crippen LogP contribution is 2.38. The minimum absolute atomic E-state index is 0.505. The molecule has 1 aliphatic heterocycles. The largest absolute Gasteiger partial charge is 0.465 e. The number of pyridine rings is 1. The zero-order valence-electron chi connectivity index (χ0n) is 18.7. The molecular formula is C27H25N5O2. The molecule has 1 aliphatic rings. The van der Waals surface area contributed by atoms with E-state index in [4.69, 9.17) is 10.1 Å². The fraction of sp³-hybridized carbons (Fsp3) is 0.222. The second kappa shape index (κ2) is 9.38. The van der Waals surface area contributed by atoms with Gasteiger partial charge in [0.05, 0.1) is 29.0 Å². The van der Waals surface area contributed by atoms with Crippen molar-refractivity contribution in [2.45, 2.75) is 19.4 Å². The lowest BCUT2D eigenvalue weighted by molar-refractivity contribution is 0.209. The van der Waals surface area contributed by atoms with E-state index in [0.717, 1.165) is 52.9 Å². The van der Waals surface area contributed by atoms with Crippen molar-refractivity contribution in [2.75, 3.05) is 18.4 Å². The van der Waals surface area contributed by atoms with Crippen LogP contribution in [0.1, 0.15) is 18.4 Å². The van der Waals surface area contributed by atoms with Crippen molar-refractivity contribution in [3.8, 4) is 28.5 Å². The van der Waals surface area contributed by atoms with Gasteiger partial charge in [0.2, 0.25) is 0 Å². The van der Waals surface area contributed by atoms with E-state index in [1.807, 2.05) is 42.6 Å². The minimum atomic E-state index is -1.10. The van der Waals surface area contributed by atoms with E-state index in [0.29, 0.717) is 17.2 Å². The fourth-order valence-electron chi connectivity index (χ4n) is 4.72. The number of hydrogen-bond acceptors (Lipinski definition) is 4. The lowest BCUT2D eigenvalue weighted by Gasteiger charge is -2.23. The second-order valence-corrected chi connectivity index (χ2v) is 8.64. The summed E-state index contributed by atoms with van der Waals surface area (Å²) in [6.07, 6.45) is 5.32. The summed E-state index contributed by atoms with van der Waals surface area (Å²) in [6.45, 7) is 3.10. The fourth-order valence-corrected chi connectivity index (χ4v) is 4.72. The Morgan fingerprint density at radius 2 is 1.79 bits per heavy atom. The van der Waals surface area contributed by atoms with Gasteiger partial charge in [0.15, 0.2) is 0 Å². The summed E-state index contributed by atoms with van der Waals surface area (Å²) in [4.78, 5) is 15.8. The predicted molar refractivity (Wildman–Crippen MR) is 133 cm³/mol. The summed E-state index contributed by atoms with van der Waals surface area (Å²) in [5.74, 6) is 0.643. The number of rotatable bonds is 5. The Hall–Kier alpha value is -4.15. The molecular weight excluding hydrogens is 426 g/mol. The summed E-state index contributed by atoms with van der Waals surface area (Å²) in [5.41, 5.74) is 5.90. The maximum atomic E-state index is 11.0. The van der Waals surface area contributed by atoms with Gasteiger partial charge >= 0.3 is 6.09 Å². The first-order valence-electron chi connectivity index (χ1n) is 11.4. The molecule has 7 nitrogen and oxygen atoms in total. The van der Waals surface area contributed by atoms with Crippen molar-refractivity contribution in [3.63, 3.8) is 0 Å². The lowest BCUT2D eigenvalue weighted by atomic mass is 9.95. The molecule has 1 fully saturated rings. The van der Waals surface area contributed by atoms with E-state index in [9.17, 15) is 10.1 Å². The lowest BCUT2D eigenvalue weighted by Crippen LogP contribution is -2.29. The molecule has 2 aromatic carbocycles. The molecule has 0 unspecified atom stereocenters. The van der Waals surface area contributed by atoms with Crippen LogP contribution in [0.2, 0.25) is 0 Å². The van der Waals surface area contributed by atoms with Crippen LogP contribution in [0.4, 0.5) is 10.5 Å². The van der Waals surface area contributed by atoms with Gasteiger partial charge in [-0.2, -0.15) is 5.26 Å². The van der Waals surface area contributed by atoms with Crippen molar-refractivity contribution in [1.82, 2.24) is 14.9 Å². The smallest absolute Gasteiger partial charge is 0.409 e.